The Labute approximate surface area is 124 Å². The number of hydrogen-bond donors (Lipinski definition) is 1. The molecule has 1 aromatic rings. The summed E-state index contributed by atoms with van der Waals surface area (Å²) >= 11 is 3.04. The molecule has 1 aromatic carbocycles. The second-order valence-corrected chi connectivity index (χ2v) is 4.95. The predicted molar refractivity (Wildman–Crippen MR) is 74.1 cm³/mol. The van der Waals surface area contributed by atoms with Crippen molar-refractivity contribution in [3.63, 3.8) is 0 Å². The normalized spacial score (nSPS) is 13.1. The summed E-state index contributed by atoms with van der Waals surface area (Å²) in [5.74, 6) is 0.209. The van der Waals surface area contributed by atoms with E-state index in [1.54, 1.807) is 0 Å². The van der Waals surface area contributed by atoms with Gasteiger partial charge in [0.05, 0.1) is 4.47 Å². The van der Waals surface area contributed by atoms with Crippen LogP contribution in [-0.4, -0.2) is 25.6 Å². The van der Waals surface area contributed by atoms with Crippen LogP contribution in [0.5, 0.6) is 11.5 Å². The van der Waals surface area contributed by atoms with Gasteiger partial charge in [0.1, 0.15) is 17.6 Å². The Morgan fingerprint density at radius 3 is 2.50 bits per heavy atom. The van der Waals surface area contributed by atoms with Gasteiger partial charge in [0.2, 0.25) is 0 Å². The van der Waals surface area contributed by atoms with E-state index < -0.39 is 6.36 Å². The van der Waals surface area contributed by atoms with Crippen LogP contribution in [0.1, 0.15) is 20.3 Å². The molecule has 0 aliphatic rings. The van der Waals surface area contributed by atoms with Gasteiger partial charge >= 0.3 is 6.36 Å². The Bertz CT molecular complexity index is 427. The van der Waals surface area contributed by atoms with E-state index in [1.165, 1.54) is 18.2 Å². The first kappa shape index (κ1) is 17.1. The third-order valence-corrected chi connectivity index (χ3v) is 3.13. The highest BCUT2D eigenvalue weighted by Gasteiger charge is 2.32. The first-order valence-corrected chi connectivity index (χ1v) is 7.07. The lowest BCUT2D eigenvalue weighted by Gasteiger charge is -2.18. The zero-order valence-electron chi connectivity index (χ0n) is 11.3. The Morgan fingerprint density at radius 2 is 2.00 bits per heavy atom. The van der Waals surface area contributed by atoms with Gasteiger partial charge < -0.3 is 14.8 Å². The van der Waals surface area contributed by atoms with Gasteiger partial charge in [-0.3, -0.25) is 0 Å². The third kappa shape index (κ3) is 6.00. The highest BCUT2D eigenvalue weighted by molar-refractivity contribution is 9.10. The van der Waals surface area contributed by atoms with Crippen molar-refractivity contribution in [3.05, 3.63) is 22.7 Å². The fourth-order valence-corrected chi connectivity index (χ4v) is 1.97. The Hall–Kier alpha value is -0.950. The lowest BCUT2D eigenvalue weighted by molar-refractivity contribution is -0.274. The quantitative estimate of drug-likeness (QED) is 0.798. The maximum absolute atomic E-state index is 12.1. The van der Waals surface area contributed by atoms with Crippen LogP contribution in [0.3, 0.4) is 0 Å². The minimum Gasteiger partial charge on any atom is -0.489 e. The molecule has 0 saturated carbocycles. The largest absolute Gasteiger partial charge is 0.573 e. The Balaban J connectivity index is 2.71. The van der Waals surface area contributed by atoms with Crippen molar-refractivity contribution < 1.29 is 22.6 Å². The summed E-state index contributed by atoms with van der Waals surface area (Å²) in [7, 11) is 0. The summed E-state index contributed by atoms with van der Waals surface area (Å²) in [5, 5.41) is 3.17. The third-order valence-electron chi connectivity index (χ3n) is 2.51. The zero-order chi connectivity index (χ0) is 15.2. The fraction of sp³-hybridized carbons (Fsp3) is 0.538. The van der Waals surface area contributed by atoms with E-state index in [1.807, 2.05) is 13.8 Å². The van der Waals surface area contributed by atoms with E-state index in [-0.39, 0.29) is 16.3 Å². The molecule has 0 fully saturated rings. The summed E-state index contributed by atoms with van der Waals surface area (Å²) in [5.41, 5.74) is 0. The number of ether oxygens (including phenoxy) is 2. The second kappa shape index (κ2) is 7.73. The number of alkyl halides is 3. The SMILES string of the molecule is CCNCC(CC)Oc1ccc(OC(F)(F)F)c(Br)c1. The van der Waals surface area contributed by atoms with Crippen molar-refractivity contribution in [3.8, 4) is 11.5 Å². The molecule has 3 nitrogen and oxygen atoms in total. The van der Waals surface area contributed by atoms with E-state index in [4.69, 9.17) is 4.74 Å². The topological polar surface area (TPSA) is 30.5 Å². The van der Waals surface area contributed by atoms with Crippen LogP contribution >= 0.6 is 15.9 Å². The van der Waals surface area contributed by atoms with E-state index in [0.717, 1.165) is 13.0 Å². The van der Waals surface area contributed by atoms with Crippen LogP contribution < -0.4 is 14.8 Å². The van der Waals surface area contributed by atoms with E-state index in [0.29, 0.717) is 12.3 Å². The molecule has 114 valence electrons. The van der Waals surface area contributed by atoms with Gasteiger partial charge in [0.15, 0.2) is 0 Å². The highest BCUT2D eigenvalue weighted by Crippen LogP contribution is 2.33. The fourth-order valence-electron chi connectivity index (χ4n) is 1.53. The number of likely N-dealkylation sites (N-methyl/N-ethyl adjacent to an activating group) is 1. The van der Waals surface area contributed by atoms with Gasteiger partial charge in [-0.25, -0.2) is 0 Å². The molecule has 1 unspecified atom stereocenters. The van der Waals surface area contributed by atoms with Gasteiger partial charge in [-0.15, -0.1) is 13.2 Å². The van der Waals surface area contributed by atoms with Crippen molar-refractivity contribution >= 4 is 15.9 Å². The van der Waals surface area contributed by atoms with E-state index >= 15 is 0 Å². The molecule has 0 aliphatic carbocycles. The first-order valence-electron chi connectivity index (χ1n) is 6.28. The molecule has 0 aromatic heterocycles. The number of rotatable bonds is 7. The van der Waals surface area contributed by atoms with Crippen molar-refractivity contribution in [2.24, 2.45) is 0 Å². The number of hydrogen-bond acceptors (Lipinski definition) is 3. The average Bonchev–Trinajstić information content (AvgIpc) is 2.36. The Morgan fingerprint density at radius 1 is 1.30 bits per heavy atom. The van der Waals surface area contributed by atoms with Crippen LogP contribution in [0.15, 0.2) is 22.7 Å². The maximum Gasteiger partial charge on any atom is 0.573 e. The number of benzene rings is 1. The molecule has 1 rings (SSSR count). The summed E-state index contributed by atoms with van der Waals surface area (Å²) < 4.78 is 46.2. The molecule has 7 heteroatoms. The standard InChI is InChI=1S/C13H17BrF3NO2/c1-3-9(8-18-4-2)19-10-5-6-12(11(14)7-10)20-13(15,16)17/h5-7,9,18H,3-4,8H2,1-2H3. The predicted octanol–water partition coefficient (Wildman–Crippen LogP) is 4.11. The average molecular weight is 356 g/mol. The molecule has 0 amide bonds. The molecule has 0 radical (unpaired) electrons. The number of nitrogens with one attached hydrogen (secondary N) is 1. The van der Waals surface area contributed by atoms with Gasteiger partial charge in [0.25, 0.3) is 0 Å². The zero-order valence-corrected chi connectivity index (χ0v) is 12.8. The minimum atomic E-state index is -4.71. The first-order chi connectivity index (χ1) is 9.35. The summed E-state index contributed by atoms with van der Waals surface area (Å²) in [6.45, 7) is 5.50. The van der Waals surface area contributed by atoms with Crippen LogP contribution in [0.25, 0.3) is 0 Å². The molecular formula is C13H17BrF3NO2. The maximum atomic E-state index is 12.1. The smallest absolute Gasteiger partial charge is 0.489 e. The van der Waals surface area contributed by atoms with E-state index in [9.17, 15) is 13.2 Å². The van der Waals surface area contributed by atoms with Gasteiger partial charge in [-0.05, 0) is 47.1 Å². The molecular weight excluding hydrogens is 339 g/mol. The van der Waals surface area contributed by atoms with Gasteiger partial charge in [-0.1, -0.05) is 13.8 Å². The van der Waals surface area contributed by atoms with E-state index in [2.05, 4.69) is 26.0 Å². The van der Waals surface area contributed by atoms with Crippen molar-refractivity contribution in [1.29, 1.82) is 0 Å². The molecule has 0 heterocycles. The second-order valence-electron chi connectivity index (χ2n) is 4.10. The summed E-state index contributed by atoms with van der Waals surface area (Å²) in [4.78, 5) is 0. The Kier molecular flexibility index (Phi) is 6.61. The molecule has 20 heavy (non-hydrogen) atoms. The van der Waals surface area contributed by atoms with Gasteiger partial charge in [0, 0.05) is 6.54 Å². The highest BCUT2D eigenvalue weighted by atomic mass is 79.9. The van der Waals surface area contributed by atoms with Gasteiger partial charge in [-0.2, -0.15) is 0 Å². The van der Waals surface area contributed by atoms with Crippen LogP contribution in [0.4, 0.5) is 13.2 Å². The summed E-state index contributed by atoms with van der Waals surface area (Å²) in [6.07, 6.45) is -3.94. The molecule has 0 aliphatic heterocycles. The lowest BCUT2D eigenvalue weighted by Crippen LogP contribution is -2.30. The van der Waals surface area contributed by atoms with Crippen molar-refractivity contribution in [1.82, 2.24) is 5.32 Å². The van der Waals surface area contributed by atoms with Crippen molar-refractivity contribution in [2.45, 2.75) is 32.7 Å². The van der Waals surface area contributed by atoms with Crippen molar-refractivity contribution in [2.75, 3.05) is 13.1 Å². The summed E-state index contributed by atoms with van der Waals surface area (Å²) in [6, 6.07) is 4.16. The van der Waals surface area contributed by atoms with Crippen LogP contribution in [-0.2, 0) is 0 Å². The van der Waals surface area contributed by atoms with Crippen LogP contribution in [0.2, 0.25) is 0 Å². The monoisotopic (exact) mass is 355 g/mol. The lowest BCUT2D eigenvalue weighted by atomic mass is 10.2. The molecule has 1 N–H and O–H groups in total. The molecule has 0 spiro atoms. The van der Waals surface area contributed by atoms with Crippen LogP contribution in [0, 0.1) is 0 Å². The molecule has 1 atom stereocenters. The number of halogens is 4. The minimum absolute atomic E-state index is 0.0313. The molecule has 0 saturated heterocycles. The molecule has 0 bridgehead atoms.